The zero-order valence-electron chi connectivity index (χ0n) is 23.0. The molecule has 0 saturated heterocycles. The smallest absolute Gasteiger partial charge is 0.311 e. The second-order valence-electron chi connectivity index (χ2n) is 11.5. The van der Waals surface area contributed by atoms with E-state index >= 15 is 0 Å². The van der Waals surface area contributed by atoms with Crippen molar-refractivity contribution in [3.8, 4) is 0 Å². The first-order valence-electron chi connectivity index (χ1n) is 12.6. The summed E-state index contributed by atoms with van der Waals surface area (Å²) in [4.78, 5) is 38.2. The number of carbonyl (C=O) groups excluding carboxylic acids is 3. The molecule has 0 aliphatic heterocycles. The van der Waals surface area contributed by atoms with E-state index in [1.807, 2.05) is 69.2 Å². The maximum Gasteiger partial charge on any atom is 0.311 e. The first kappa shape index (κ1) is 31.4. The fraction of sp³-hybridized carbons (Fsp3) is 0.889. The Kier molecular flexibility index (Phi) is 12.7. The van der Waals surface area contributed by atoms with E-state index < -0.39 is 21.7 Å². The van der Waals surface area contributed by atoms with Gasteiger partial charge < -0.3 is 14.2 Å². The van der Waals surface area contributed by atoms with E-state index in [-0.39, 0.29) is 37.7 Å². The summed E-state index contributed by atoms with van der Waals surface area (Å²) in [6.07, 6.45) is 5.28. The highest BCUT2D eigenvalue weighted by Crippen LogP contribution is 2.32. The van der Waals surface area contributed by atoms with Gasteiger partial charge in [-0.3, -0.25) is 14.4 Å². The number of hydrogen-bond acceptors (Lipinski definition) is 6. The van der Waals surface area contributed by atoms with Gasteiger partial charge in [-0.1, -0.05) is 47.0 Å². The molecular formula is C27H50O6. The van der Waals surface area contributed by atoms with Gasteiger partial charge in [0.05, 0.1) is 21.7 Å². The third kappa shape index (κ3) is 10.1. The Balaban J connectivity index is 5.58. The Labute approximate surface area is 202 Å². The molecule has 0 rings (SSSR count). The first-order chi connectivity index (χ1) is 15.1. The molecular weight excluding hydrogens is 420 g/mol. The minimum Gasteiger partial charge on any atom is -0.464 e. The summed E-state index contributed by atoms with van der Waals surface area (Å²) < 4.78 is 17.2. The maximum atomic E-state index is 12.7. The van der Waals surface area contributed by atoms with Crippen molar-refractivity contribution >= 4 is 17.9 Å². The van der Waals surface area contributed by atoms with Gasteiger partial charge >= 0.3 is 17.9 Å². The number of hydrogen-bond donors (Lipinski definition) is 0. The summed E-state index contributed by atoms with van der Waals surface area (Å²) in [7, 11) is 0. The number of carbonyl (C=O) groups is 3. The van der Waals surface area contributed by atoms with Gasteiger partial charge in [-0.05, 0) is 67.2 Å². The summed E-state index contributed by atoms with van der Waals surface area (Å²) >= 11 is 0. The summed E-state index contributed by atoms with van der Waals surface area (Å²) in [5, 5.41) is 0. The SMILES string of the molecule is CCCC(C)(C)C(=O)OCC(CC)(COC(=O)C(C)(C)CCC)COC(=O)C(C)(C)CCC. The van der Waals surface area contributed by atoms with Gasteiger partial charge in [-0.2, -0.15) is 0 Å². The molecule has 0 aromatic rings. The number of esters is 3. The van der Waals surface area contributed by atoms with Crippen molar-refractivity contribution in [2.24, 2.45) is 21.7 Å². The quantitative estimate of drug-likeness (QED) is 0.189. The molecule has 0 atom stereocenters. The molecule has 0 spiro atoms. The van der Waals surface area contributed by atoms with Crippen molar-refractivity contribution in [3.05, 3.63) is 0 Å². The van der Waals surface area contributed by atoms with Gasteiger partial charge in [0.15, 0.2) is 0 Å². The molecule has 6 heteroatoms. The Morgan fingerprint density at radius 1 is 0.515 bits per heavy atom. The van der Waals surface area contributed by atoms with E-state index in [4.69, 9.17) is 14.2 Å². The Bertz CT molecular complexity index is 549. The molecule has 0 aliphatic carbocycles. The summed E-state index contributed by atoms with van der Waals surface area (Å²) in [6.45, 7) is 19.3. The van der Waals surface area contributed by atoms with Crippen LogP contribution in [-0.4, -0.2) is 37.7 Å². The number of ether oxygens (including phenoxy) is 3. The zero-order chi connectivity index (χ0) is 25.9. The van der Waals surface area contributed by atoms with Crippen molar-refractivity contribution in [2.75, 3.05) is 19.8 Å². The molecule has 0 aliphatic rings. The number of rotatable bonds is 16. The van der Waals surface area contributed by atoms with Crippen molar-refractivity contribution < 1.29 is 28.6 Å². The van der Waals surface area contributed by atoms with Gasteiger partial charge in [-0.25, -0.2) is 0 Å². The first-order valence-corrected chi connectivity index (χ1v) is 12.6. The maximum absolute atomic E-state index is 12.7. The van der Waals surface area contributed by atoms with Gasteiger partial charge in [0.1, 0.15) is 19.8 Å². The predicted octanol–water partition coefficient (Wildman–Crippen LogP) is 6.49. The highest BCUT2D eigenvalue weighted by Gasteiger charge is 2.39. The molecule has 0 aromatic heterocycles. The van der Waals surface area contributed by atoms with Crippen LogP contribution < -0.4 is 0 Å². The summed E-state index contributed by atoms with van der Waals surface area (Å²) in [6, 6.07) is 0. The molecule has 33 heavy (non-hydrogen) atoms. The lowest BCUT2D eigenvalue weighted by Crippen LogP contribution is -2.43. The van der Waals surface area contributed by atoms with E-state index in [2.05, 4.69) is 0 Å². The van der Waals surface area contributed by atoms with Crippen LogP contribution >= 0.6 is 0 Å². The topological polar surface area (TPSA) is 78.9 Å². The van der Waals surface area contributed by atoms with Gasteiger partial charge in [-0.15, -0.1) is 0 Å². The third-order valence-electron chi connectivity index (χ3n) is 6.56. The van der Waals surface area contributed by atoms with Crippen LogP contribution in [-0.2, 0) is 28.6 Å². The molecule has 0 aromatic carbocycles. The normalized spacial score (nSPS) is 12.9. The molecule has 0 saturated carbocycles. The second-order valence-corrected chi connectivity index (χ2v) is 11.5. The molecule has 0 fully saturated rings. The lowest BCUT2D eigenvalue weighted by atomic mass is 9.85. The van der Waals surface area contributed by atoms with E-state index in [9.17, 15) is 14.4 Å². The molecule has 6 nitrogen and oxygen atoms in total. The standard InChI is InChI=1S/C27H50O6/c1-11-15-24(5,6)21(28)31-18-27(14-4,19-32-22(29)25(7,8)16-12-2)20-33-23(30)26(9,10)17-13-3/h11-20H2,1-10H3. The van der Waals surface area contributed by atoms with Crippen LogP contribution in [0, 0.1) is 21.7 Å². The van der Waals surface area contributed by atoms with Crippen LogP contribution in [0.25, 0.3) is 0 Å². The van der Waals surface area contributed by atoms with Crippen molar-refractivity contribution in [1.29, 1.82) is 0 Å². The Hall–Kier alpha value is -1.59. The van der Waals surface area contributed by atoms with E-state index in [1.165, 1.54) is 0 Å². The monoisotopic (exact) mass is 470 g/mol. The summed E-state index contributed by atoms with van der Waals surface area (Å²) in [5.41, 5.74) is -2.61. The lowest BCUT2D eigenvalue weighted by Gasteiger charge is -2.35. The molecule has 0 radical (unpaired) electrons. The van der Waals surface area contributed by atoms with E-state index in [0.29, 0.717) is 25.7 Å². The van der Waals surface area contributed by atoms with Crippen LogP contribution in [0.1, 0.15) is 114 Å². The minimum absolute atomic E-state index is 0.0262. The van der Waals surface area contributed by atoms with Crippen LogP contribution in [0.3, 0.4) is 0 Å². The van der Waals surface area contributed by atoms with Gasteiger partial charge in [0.2, 0.25) is 0 Å². The Morgan fingerprint density at radius 2 is 0.758 bits per heavy atom. The van der Waals surface area contributed by atoms with Crippen LogP contribution in [0.2, 0.25) is 0 Å². The van der Waals surface area contributed by atoms with E-state index in [1.54, 1.807) is 0 Å². The Morgan fingerprint density at radius 3 is 0.939 bits per heavy atom. The fourth-order valence-electron chi connectivity index (χ4n) is 3.85. The largest absolute Gasteiger partial charge is 0.464 e. The third-order valence-corrected chi connectivity index (χ3v) is 6.56. The predicted molar refractivity (Wildman–Crippen MR) is 132 cm³/mol. The van der Waals surface area contributed by atoms with Crippen molar-refractivity contribution in [3.63, 3.8) is 0 Å². The van der Waals surface area contributed by atoms with Crippen molar-refractivity contribution in [1.82, 2.24) is 0 Å². The van der Waals surface area contributed by atoms with Crippen LogP contribution in [0.4, 0.5) is 0 Å². The lowest BCUT2D eigenvalue weighted by molar-refractivity contribution is -0.173. The highest BCUT2D eigenvalue weighted by atomic mass is 16.6. The average Bonchev–Trinajstić information content (AvgIpc) is 2.72. The molecule has 0 amide bonds. The highest BCUT2D eigenvalue weighted by molar-refractivity contribution is 5.77. The molecule has 194 valence electrons. The molecule has 0 bridgehead atoms. The molecule has 0 unspecified atom stereocenters. The molecule has 0 heterocycles. The van der Waals surface area contributed by atoms with Crippen LogP contribution in [0.15, 0.2) is 0 Å². The summed E-state index contributed by atoms with van der Waals surface area (Å²) in [5.74, 6) is -0.882. The van der Waals surface area contributed by atoms with Gasteiger partial charge in [0, 0.05) is 0 Å². The van der Waals surface area contributed by atoms with Gasteiger partial charge in [0.25, 0.3) is 0 Å². The average molecular weight is 471 g/mol. The second kappa shape index (κ2) is 13.3. The minimum atomic E-state index is -0.798. The fourth-order valence-corrected chi connectivity index (χ4v) is 3.85. The zero-order valence-corrected chi connectivity index (χ0v) is 23.0. The van der Waals surface area contributed by atoms with E-state index in [0.717, 1.165) is 19.3 Å². The van der Waals surface area contributed by atoms with Crippen molar-refractivity contribution in [2.45, 2.75) is 114 Å². The molecule has 0 N–H and O–H groups in total. The van der Waals surface area contributed by atoms with Crippen LogP contribution in [0.5, 0.6) is 0 Å².